The molecule has 2 aliphatic heterocycles. The summed E-state index contributed by atoms with van der Waals surface area (Å²) in [5.74, 6) is 0. The minimum Gasteiger partial charge on any atom is -0.379 e. The van der Waals surface area contributed by atoms with Crippen LogP contribution in [-0.2, 0) is 11.2 Å². The zero-order valence-corrected chi connectivity index (χ0v) is 11.6. The van der Waals surface area contributed by atoms with Gasteiger partial charge in [-0.2, -0.15) is 0 Å². The van der Waals surface area contributed by atoms with E-state index in [1.54, 1.807) is 0 Å². The van der Waals surface area contributed by atoms with Crippen LogP contribution in [0.4, 0.5) is 5.69 Å². The van der Waals surface area contributed by atoms with E-state index in [1.807, 2.05) is 0 Å². The molecular weight excluding hydrogens is 238 g/mol. The van der Waals surface area contributed by atoms with Crippen molar-refractivity contribution in [2.45, 2.75) is 12.5 Å². The molecule has 4 heteroatoms. The van der Waals surface area contributed by atoms with Crippen molar-refractivity contribution in [3.63, 3.8) is 0 Å². The summed E-state index contributed by atoms with van der Waals surface area (Å²) in [6.45, 7) is 5.42. The molecule has 4 nitrogen and oxygen atoms in total. The Morgan fingerprint density at radius 3 is 2.79 bits per heavy atom. The molecule has 0 aromatic heterocycles. The molecule has 0 bridgehead atoms. The summed E-state index contributed by atoms with van der Waals surface area (Å²) >= 11 is 0. The van der Waals surface area contributed by atoms with E-state index < -0.39 is 0 Å². The van der Waals surface area contributed by atoms with E-state index in [0.29, 0.717) is 12.6 Å². The summed E-state index contributed by atoms with van der Waals surface area (Å²) in [5.41, 5.74) is 10.2. The third-order valence-electron chi connectivity index (χ3n) is 4.33. The first-order chi connectivity index (χ1) is 9.29. The summed E-state index contributed by atoms with van der Waals surface area (Å²) in [7, 11) is 2.16. The first-order valence-corrected chi connectivity index (χ1v) is 7.15. The summed E-state index contributed by atoms with van der Waals surface area (Å²) in [6, 6.07) is 7.18. The lowest BCUT2D eigenvalue weighted by Gasteiger charge is -2.34. The Morgan fingerprint density at radius 2 is 2.05 bits per heavy atom. The van der Waals surface area contributed by atoms with Crippen molar-refractivity contribution in [1.29, 1.82) is 0 Å². The fourth-order valence-electron chi connectivity index (χ4n) is 3.18. The second kappa shape index (κ2) is 5.49. The van der Waals surface area contributed by atoms with Crippen molar-refractivity contribution < 1.29 is 4.74 Å². The summed E-state index contributed by atoms with van der Waals surface area (Å²) in [5, 5.41) is 0. The Balaban J connectivity index is 1.83. The number of nitrogens with zero attached hydrogens (tertiary/aromatic N) is 2. The number of benzene rings is 1. The lowest BCUT2D eigenvalue weighted by Crippen LogP contribution is -2.41. The van der Waals surface area contributed by atoms with Crippen molar-refractivity contribution in [2.75, 3.05) is 51.3 Å². The van der Waals surface area contributed by atoms with Crippen molar-refractivity contribution in [2.24, 2.45) is 5.73 Å². The number of hydrogen-bond acceptors (Lipinski definition) is 4. The summed E-state index contributed by atoms with van der Waals surface area (Å²) < 4.78 is 5.43. The number of likely N-dealkylation sites (N-methyl/N-ethyl adjacent to an activating group) is 1. The SMILES string of the molecule is CN1CCc2cc(C(CN)N3CCOCC3)ccc21. The molecule has 0 radical (unpaired) electrons. The largest absolute Gasteiger partial charge is 0.379 e. The molecule has 1 fully saturated rings. The van der Waals surface area contributed by atoms with Crippen LogP contribution < -0.4 is 10.6 Å². The number of anilines is 1. The highest BCUT2D eigenvalue weighted by Crippen LogP contribution is 2.31. The van der Waals surface area contributed by atoms with Crippen molar-refractivity contribution in [3.8, 4) is 0 Å². The average molecular weight is 261 g/mol. The molecule has 1 aromatic rings. The number of fused-ring (bicyclic) bond motifs is 1. The normalized spacial score (nSPS) is 21.5. The van der Waals surface area contributed by atoms with Crippen molar-refractivity contribution >= 4 is 5.69 Å². The van der Waals surface area contributed by atoms with Crippen LogP contribution in [0.15, 0.2) is 18.2 Å². The Bertz CT molecular complexity index is 443. The third kappa shape index (κ3) is 2.48. The predicted octanol–water partition coefficient (Wildman–Crippen LogP) is 1.01. The third-order valence-corrected chi connectivity index (χ3v) is 4.33. The van der Waals surface area contributed by atoms with Gasteiger partial charge in [0.25, 0.3) is 0 Å². The summed E-state index contributed by atoms with van der Waals surface area (Å²) in [6.07, 6.45) is 1.15. The summed E-state index contributed by atoms with van der Waals surface area (Å²) in [4.78, 5) is 4.77. The van der Waals surface area contributed by atoms with Gasteiger partial charge in [-0.05, 0) is 23.6 Å². The number of rotatable bonds is 3. The second-order valence-corrected chi connectivity index (χ2v) is 5.46. The Morgan fingerprint density at radius 1 is 1.26 bits per heavy atom. The van der Waals surface area contributed by atoms with Crippen LogP contribution in [0.3, 0.4) is 0 Å². The predicted molar refractivity (Wildman–Crippen MR) is 77.6 cm³/mol. The maximum Gasteiger partial charge on any atom is 0.0594 e. The monoisotopic (exact) mass is 261 g/mol. The lowest BCUT2D eigenvalue weighted by atomic mass is 10.0. The van der Waals surface area contributed by atoms with E-state index >= 15 is 0 Å². The van der Waals surface area contributed by atoms with E-state index in [9.17, 15) is 0 Å². The van der Waals surface area contributed by atoms with Gasteiger partial charge in [0.1, 0.15) is 0 Å². The van der Waals surface area contributed by atoms with Crippen LogP contribution in [-0.4, -0.2) is 51.3 Å². The second-order valence-electron chi connectivity index (χ2n) is 5.46. The number of nitrogens with two attached hydrogens (primary N) is 1. The fraction of sp³-hybridized carbons (Fsp3) is 0.600. The van der Waals surface area contributed by atoms with Crippen molar-refractivity contribution in [3.05, 3.63) is 29.3 Å². The number of morpholine rings is 1. The smallest absolute Gasteiger partial charge is 0.0594 e. The molecule has 2 aliphatic rings. The first-order valence-electron chi connectivity index (χ1n) is 7.15. The molecular formula is C15H23N3O. The van der Waals surface area contributed by atoms with E-state index in [-0.39, 0.29) is 0 Å². The minimum absolute atomic E-state index is 0.333. The molecule has 0 spiro atoms. The molecule has 1 saturated heterocycles. The van der Waals surface area contributed by atoms with Crippen LogP contribution in [0.5, 0.6) is 0 Å². The molecule has 104 valence electrons. The van der Waals surface area contributed by atoms with Gasteiger partial charge in [-0.15, -0.1) is 0 Å². The lowest BCUT2D eigenvalue weighted by molar-refractivity contribution is 0.0179. The topological polar surface area (TPSA) is 41.7 Å². The highest BCUT2D eigenvalue weighted by atomic mass is 16.5. The molecule has 1 unspecified atom stereocenters. The van der Waals surface area contributed by atoms with Crippen LogP contribution in [0, 0.1) is 0 Å². The van der Waals surface area contributed by atoms with Gasteiger partial charge in [0.2, 0.25) is 0 Å². The van der Waals surface area contributed by atoms with Gasteiger partial charge in [0, 0.05) is 45.0 Å². The van der Waals surface area contributed by atoms with E-state index in [4.69, 9.17) is 10.5 Å². The van der Waals surface area contributed by atoms with Gasteiger partial charge in [-0.25, -0.2) is 0 Å². The Hall–Kier alpha value is -1.10. The van der Waals surface area contributed by atoms with Gasteiger partial charge in [0.15, 0.2) is 0 Å². The first kappa shape index (κ1) is 12.9. The van der Waals surface area contributed by atoms with Gasteiger partial charge in [0.05, 0.1) is 13.2 Å². The van der Waals surface area contributed by atoms with Crippen molar-refractivity contribution in [1.82, 2.24) is 4.90 Å². The van der Waals surface area contributed by atoms with Gasteiger partial charge in [-0.3, -0.25) is 4.90 Å². The maximum absolute atomic E-state index is 6.02. The minimum atomic E-state index is 0.333. The maximum atomic E-state index is 6.02. The van der Waals surface area contributed by atoms with Crippen LogP contribution in [0.25, 0.3) is 0 Å². The fourth-order valence-corrected chi connectivity index (χ4v) is 3.18. The van der Waals surface area contributed by atoms with Gasteiger partial charge in [-0.1, -0.05) is 12.1 Å². The molecule has 2 heterocycles. The van der Waals surface area contributed by atoms with E-state index in [2.05, 4.69) is 35.0 Å². The molecule has 2 N–H and O–H groups in total. The Labute approximate surface area is 115 Å². The quantitative estimate of drug-likeness (QED) is 0.882. The van der Waals surface area contributed by atoms with E-state index in [0.717, 1.165) is 39.3 Å². The molecule has 0 saturated carbocycles. The van der Waals surface area contributed by atoms with Gasteiger partial charge >= 0.3 is 0 Å². The molecule has 1 atom stereocenters. The molecule has 1 aromatic carbocycles. The number of ether oxygens (including phenoxy) is 1. The van der Waals surface area contributed by atoms with Crippen LogP contribution >= 0.6 is 0 Å². The number of hydrogen-bond donors (Lipinski definition) is 1. The zero-order valence-electron chi connectivity index (χ0n) is 11.6. The van der Waals surface area contributed by atoms with Crippen LogP contribution in [0.2, 0.25) is 0 Å². The Kier molecular flexibility index (Phi) is 3.73. The van der Waals surface area contributed by atoms with E-state index in [1.165, 1.54) is 16.8 Å². The molecule has 3 rings (SSSR count). The molecule has 0 amide bonds. The highest BCUT2D eigenvalue weighted by molar-refractivity contribution is 5.58. The molecule has 0 aliphatic carbocycles. The van der Waals surface area contributed by atoms with Crippen LogP contribution in [0.1, 0.15) is 17.2 Å². The average Bonchev–Trinajstić information content (AvgIpc) is 2.82. The highest BCUT2D eigenvalue weighted by Gasteiger charge is 2.23. The standard InChI is InChI=1S/C15H23N3O/c1-17-5-4-13-10-12(2-3-14(13)17)15(11-16)18-6-8-19-9-7-18/h2-3,10,15H,4-9,11,16H2,1H3. The zero-order chi connectivity index (χ0) is 13.2. The molecule has 19 heavy (non-hydrogen) atoms. The van der Waals surface area contributed by atoms with Gasteiger partial charge < -0.3 is 15.4 Å².